The topological polar surface area (TPSA) is 34.9 Å². The van der Waals surface area contributed by atoms with Crippen molar-refractivity contribution in [3.05, 3.63) is 70.0 Å². The molecule has 0 amide bonds. The van der Waals surface area contributed by atoms with Gasteiger partial charge in [-0.3, -0.25) is 9.36 Å². The first-order valence-electron chi connectivity index (χ1n) is 7.28. The number of aromatic nitrogens is 2. The van der Waals surface area contributed by atoms with Crippen LogP contribution in [0.4, 0.5) is 4.39 Å². The molecular formula is C18H17FN2O. The lowest BCUT2D eigenvalue weighted by Gasteiger charge is -2.17. The average molecular weight is 296 g/mol. The third kappa shape index (κ3) is 2.21. The maximum absolute atomic E-state index is 14.1. The van der Waals surface area contributed by atoms with E-state index in [0.29, 0.717) is 11.3 Å². The molecule has 0 aliphatic heterocycles. The molecule has 0 bridgehead atoms. The average Bonchev–Trinajstić information content (AvgIpc) is 2.48. The van der Waals surface area contributed by atoms with Gasteiger partial charge in [-0.05, 0) is 30.7 Å². The van der Waals surface area contributed by atoms with E-state index in [1.807, 2.05) is 45.0 Å². The van der Waals surface area contributed by atoms with Gasteiger partial charge in [0.25, 0.3) is 5.56 Å². The highest BCUT2D eigenvalue weighted by Gasteiger charge is 2.18. The minimum Gasteiger partial charge on any atom is -0.268 e. The van der Waals surface area contributed by atoms with E-state index in [-0.39, 0.29) is 16.9 Å². The lowest BCUT2D eigenvalue weighted by atomic mass is 10.1. The molecule has 0 unspecified atom stereocenters. The van der Waals surface area contributed by atoms with Gasteiger partial charge in [0, 0.05) is 5.92 Å². The van der Waals surface area contributed by atoms with Crippen LogP contribution in [0.15, 0.2) is 47.3 Å². The van der Waals surface area contributed by atoms with Gasteiger partial charge in [-0.25, -0.2) is 9.37 Å². The number of aryl methyl sites for hydroxylation is 1. The van der Waals surface area contributed by atoms with Gasteiger partial charge in [0.05, 0.1) is 11.2 Å². The van der Waals surface area contributed by atoms with E-state index < -0.39 is 5.82 Å². The summed E-state index contributed by atoms with van der Waals surface area (Å²) in [6.45, 7) is 5.88. The van der Waals surface area contributed by atoms with Gasteiger partial charge in [-0.1, -0.05) is 38.1 Å². The maximum Gasteiger partial charge on any atom is 0.268 e. The first-order chi connectivity index (χ1) is 10.5. The molecule has 0 atom stereocenters. The molecule has 3 rings (SSSR count). The molecule has 112 valence electrons. The summed E-state index contributed by atoms with van der Waals surface area (Å²) in [5.74, 6) is 0.144. The first-order valence-corrected chi connectivity index (χ1v) is 7.28. The van der Waals surface area contributed by atoms with Gasteiger partial charge >= 0.3 is 0 Å². The maximum atomic E-state index is 14.1. The normalized spacial score (nSPS) is 11.3. The van der Waals surface area contributed by atoms with Crippen LogP contribution in [0.1, 0.15) is 31.2 Å². The Hall–Kier alpha value is -2.49. The number of fused-ring (bicyclic) bond motifs is 1. The molecule has 3 nitrogen and oxygen atoms in total. The molecule has 0 saturated heterocycles. The van der Waals surface area contributed by atoms with E-state index in [2.05, 4.69) is 4.98 Å². The van der Waals surface area contributed by atoms with Gasteiger partial charge in [-0.2, -0.15) is 0 Å². The largest absolute Gasteiger partial charge is 0.268 e. The van der Waals surface area contributed by atoms with Crippen molar-refractivity contribution in [1.29, 1.82) is 0 Å². The zero-order valence-corrected chi connectivity index (χ0v) is 12.8. The number of rotatable bonds is 2. The zero-order chi connectivity index (χ0) is 15.9. The van der Waals surface area contributed by atoms with Crippen LogP contribution in [0.5, 0.6) is 0 Å². The Labute approximate surface area is 128 Å². The second kappa shape index (κ2) is 5.37. The number of halogens is 1. The van der Waals surface area contributed by atoms with Crippen LogP contribution in [0.3, 0.4) is 0 Å². The van der Waals surface area contributed by atoms with Crippen LogP contribution in [0, 0.1) is 12.7 Å². The molecule has 0 aliphatic rings. The van der Waals surface area contributed by atoms with Gasteiger partial charge < -0.3 is 0 Å². The monoisotopic (exact) mass is 296 g/mol. The summed E-state index contributed by atoms with van der Waals surface area (Å²) in [4.78, 5) is 17.4. The highest BCUT2D eigenvalue weighted by molar-refractivity contribution is 5.78. The second-order valence-corrected chi connectivity index (χ2v) is 5.69. The van der Waals surface area contributed by atoms with Crippen LogP contribution < -0.4 is 5.56 Å². The van der Waals surface area contributed by atoms with Gasteiger partial charge in [0.2, 0.25) is 0 Å². The molecule has 3 aromatic rings. The lowest BCUT2D eigenvalue weighted by molar-refractivity contribution is 0.634. The summed E-state index contributed by atoms with van der Waals surface area (Å²) in [7, 11) is 0. The molecule has 22 heavy (non-hydrogen) atoms. The van der Waals surface area contributed by atoms with Crippen molar-refractivity contribution in [1.82, 2.24) is 9.55 Å². The molecule has 1 aromatic heterocycles. The number of hydrogen-bond donors (Lipinski definition) is 0. The van der Waals surface area contributed by atoms with Crippen LogP contribution in [-0.2, 0) is 0 Å². The first kappa shape index (κ1) is 14.4. The van der Waals surface area contributed by atoms with Gasteiger partial charge in [0.15, 0.2) is 0 Å². The fourth-order valence-corrected chi connectivity index (χ4v) is 2.64. The molecule has 2 aromatic carbocycles. The van der Waals surface area contributed by atoms with Crippen molar-refractivity contribution in [3.8, 4) is 5.69 Å². The highest BCUT2D eigenvalue weighted by atomic mass is 19.1. The standard InChI is InChI=1S/C18H17FN2O/c1-11(2)17-20-14-9-6-8-13(19)16(14)18(22)21(17)15-10-5-4-7-12(15)3/h4-11H,1-3H3. The van der Waals surface area contributed by atoms with Crippen LogP contribution in [0.2, 0.25) is 0 Å². The Kier molecular flexibility index (Phi) is 3.53. The highest BCUT2D eigenvalue weighted by Crippen LogP contribution is 2.21. The fraction of sp³-hybridized carbons (Fsp3) is 0.222. The third-order valence-corrected chi connectivity index (χ3v) is 3.75. The third-order valence-electron chi connectivity index (χ3n) is 3.75. The summed E-state index contributed by atoms with van der Waals surface area (Å²) in [6.07, 6.45) is 0. The summed E-state index contributed by atoms with van der Waals surface area (Å²) in [6, 6.07) is 12.1. The molecule has 4 heteroatoms. The molecule has 0 aliphatic carbocycles. The number of para-hydroxylation sites is 1. The Morgan fingerprint density at radius 1 is 1.09 bits per heavy atom. The van der Waals surface area contributed by atoms with Crippen LogP contribution in [-0.4, -0.2) is 9.55 Å². The molecule has 0 radical (unpaired) electrons. The van der Waals surface area contributed by atoms with E-state index in [1.165, 1.54) is 10.6 Å². The lowest BCUT2D eigenvalue weighted by Crippen LogP contribution is -2.26. The van der Waals surface area contributed by atoms with E-state index in [4.69, 9.17) is 0 Å². The second-order valence-electron chi connectivity index (χ2n) is 5.69. The summed E-state index contributed by atoms with van der Waals surface area (Å²) >= 11 is 0. The van der Waals surface area contributed by atoms with Gasteiger partial charge in [0.1, 0.15) is 17.0 Å². The number of benzene rings is 2. The predicted molar refractivity (Wildman–Crippen MR) is 86.1 cm³/mol. The van der Waals surface area contributed by atoms with E-state index >= 15 is 0 Å². The summed E-state index contributed by atoms with van der Waals surface area (Å²) < 4.78 is 15.7. The zero-order valence-electron chi connectivity index (χ0n) is 12.8. The molecule has 0 saturated carbocycles. The summed E-state index contributed by atoms with van der Waals surface area (Å²) in [5, 5.41) is 0.0372. The van der Waals surface area contributed by atoms with Gasteiger partial charge in [-0.15, -0.1) is 0 Å². The van der Waals surface area contributed by atoms with Crippen LogP contribution in [0.25, 0.3) is 16.6 Å². The van der Waals surface area contributed by atoms with E-state index in [0.717, 1.165) is 11.3 Å². The molecule has 0 spiro atoms. The van der Waals surface area contributed by atoms with Crippen molar-refractivity contribution < 1.29 is 4.39 Å². The SMILES string of the molecule is Cc1ccccc1-n1c(C(C)C)nc2cccc(F)c2c1=O. The molecular weight excluding hydrogens is 279 g/mol. The van der Waals surface area contributed by atoms with Crippen molar-refractivity contribution in [2.45, 2.75) is 26.7 Å². The number of nitrogens with zero attached hydrogens (tertiary/aromatic N) is 2. The van der Waals surface area contributed by atoms with Crippen molar-refractivity contribution in [2.24, 2.45) is 0 Å². The van der Waals surface area contributed by atoms with Crippen molar-refractivity contribution >= 4 is 10.9 Å². The molecule has 0 N–H and O–H groups in total. The minimum atomic E-state index is -0.535. The molecule has 1 heterocycles. The fourth-order valence-electron chi connectivity index (χ4n) is 2.64. The van der Waals surface area contributed by atoms with E-state index in [1.54, 1.807) is 12.1 Å². The van der Waals surface area contributed by atoms with Crippen LogP contribution >= 0.6 is 0 Å². The summed E-state index contributed by atoms with van der Waals surface area (Å²) in [5.41, 5.74) is 1.73. The number of hydrogen-bond acceptors (Lipinski definition) is 2. The Bertz CT molecular complexity index is 913. The van der Waals surface area contributed by atoms with E-state index in [9.17, 15) is 9.18 Å². The Morgan fingerprint density at radius 3 is 2.50 bits per heavy atom. The Balaban J connectivity index is 2.50. The van der Waals surface area contributed by atoms with Crippen molar-refractivity contribution in [3.63, 3.8) is 0 Å². The smallest absolute Gasteiger partial charge is 0.268 e. The quantitative estimate of drug-likeness (QED) is 0.717. The van der Waals surface area contributed by atoms with Crippen molar-refractivity contribution in [2.75, 3.05) is 0 Å². The minimum absolute atomic E-state index is 0.0372. The Morgan fingerprint density at radius 2 is 1.82 bits per heavy atom. The molecule has 0 fully saturated rings. The predicted octanol–water partition coefficient (Wildman–Crippen LogP) is 3.96.